The topological polar surface area (TPSA) is 33.0 Å². The van der Waals surface area contributed by atoms with E-state index in [0.29, 0.717) is 13.0 Å². The van der Waals surface area contributed by atoms with Crippen LogP contribution in [-0.4, -0.2) is 6.61 Å². The zero-order chi connectivity index (χ0) is 11.6. The zero-order valence-corrected chi connectivity index (χ0v) is 9.29. The van der Waals surface area contributed by atoms with E-state index in [2.05, 4.69) is 6.07 Å². The minimum absolute atomic E-state index is 0.223. The molecule has 0 aliphatic heterocycles. The summed E-state index contributed by atoms with van der Waals surface area (Å²) in [6.07, 6.45) is 2.50. The van der Waals surface area contributed by atoms with E-state index in [-0.39, 0.29) is 17.0 Å². The molecule has 0 bridgehead atoms. The van der Waals surface area contributed by atoms with Gasteiger partial charge in [-0.2, -0.15) is 5.26 Å². The number of nitrogens with zero attached hydrogens (tertiary/aromatic N) is 1. The van der Waals surface area contributed by atoms with Gasteiger partial charge in [-0.3, -0.25) is 0 Å². The van der Waals surface area contributed by atoms with Crippen molar-refractivity contribution in [3.8, 4) is 11.8 Å². The minimum Gasteiger partial charge on any atom is -0.491 e. The maximum absolute atomic E-state index is 13.5. The molecular formula is C13H14FNO. The maximum Gasteiger partial charge on any atom is 0.165 e. The summed E-state index contributed by atoms with van der Waals surface area (Å²) in [7, 11) is 0. The summed E-state index contributed by atoms with van der Waals surface area (Å²) >= 11 is 0. The molecule has 84 valence electrons. The predicted molar refractivity (Wildman–Crippen MR) is 58.6 cm³/mol. The molecule has 3 heteroatoms. The molecule has 0 N–H and O–H groups in total. The quantitative estimate of drug-likeness (QED) is 0.779. The van der Waals surface area contributed by atoms with Crippen LogP contribution in [0.3, 0.4) is 0 Å². The molecule has 2 rings (SSSR count). The molecule has 2 nitrogen and oxygen atoms in total. The lowest BCUT2D eigenvalue weighted by molar-refractivity contribution is 0.321. The normalized spacial score (nSPS) is 16.6. The molecule has 1 aliphatic rings. The lowest BCUT2D eigenvalue weighted by Gasteiger charge is -2.08. The molecule has 0 saturated heterocycles. The number of benzene rings is 1. The van der Waals surface area contributed by atoms with Crippen molar-refractivity contribution in [2.75, 3.05) is 6.61 Å². The summed E-state index contributed by atoms with van der Waals surface area (Å²) in [4.78, 5) is 0. The Morgan fingerprint density at radius 2 is 2.25 bits per heavy atom. The van der Waals surface area contributed by atoms with Crippen molar-refractivity contribution in [2.45, 2.75) is 26.2 Å². The molecule has 16 heavy (non-hydrogen) atoms. The summed E-state index contributed by atoms with van der Waals surface area (Å²) in [5, 5.41) is 8.96. The average molecular weight is 219 g/mol. The first-order valence-corrected chi connectivity index (χ1v) is 5.51. The van der Waals surface area contributed by atoms with Crippen LogP contribution in [0.15, 0.2) is 18.2 Å². The van der Waals surface area contributed by atoms with Crippen LogP contribution < -0.4 is 4.74 Å². The Balaban J connectivity index is 2.12. The second kappa shape index (κ2) is 4.13. The first-order valence-electron chi connectivity index (χ1n) is 5.51. The minimum atomic E-state index is -0.340. The van der Waals surface area contributed by atoms with Gasteiger partial charge in [-0.25, -0.2) is 4.39 Å². The van der Waals surface area contributed by atoms with Gasteiger partial charge < -0.3 is 4.74 Å². The third-order valence-electron chi connectivity index (χ3n) is 2.93. The fourth-order valence-corrected chi connectivity index (χ4v) is 1.80. The highest BCUT2D eigenvalue weighted by Gasteiger charge is 2.42. The van der Waals surface area contributed by atoms with E-state index >= 15 is 0 Å². The number of ether oxygens (including phenoxy) is 1. The van der Waals surface area contributed by atoms with Crippen LogP contribution in [0.25, 0.3) is 0 Å². The monoisotopic (exact) mass is 219 g/mol. The summed E-state index contributed by atoms with van der Waals surface area (Å²) < 4.78 is 18.7. The van der Waals surface area contributed by atoms with E-state index in [9.17, 15) is 4.39 Å². The molecule has 0 atom stereocenters. The van der Waals surface area contributed by atoms with Gasteiger partial charge in [0.15, 0.2) is 11.6 Å². The zero-order valence-electron chi connectivity index (χ0n) is 9.29. The Bertz CT molecular complexity index is 432. The van der Waals surface area contributed by atoms with Crippen molar-refractivity contribution in [3.05, 3.63) is 29.6 Å². The van der Waals surface area contributed by atoms with Crippen molar-refractivity contribution in [1.29, 1.82) is 5.26 Å². The van der Waals surface area contributed by atoms with Crippen LogP contribution in [0.5, 0.6) is 5.75 Å². The van der Waals surface area contributed by atoms with Gasteiger partial charge in [-0.1, -0.05) is 6.07 Å². The molecule has 1 saturated carbocycles. The van der Waals surface area contributed by atoms with Crippen LogP contribution in [0, 0.1) is 22.6 Å². The van der Waals surface area contributed by atoms with E-state index in [4.69, 9.17) is 10.00 Å². The summed E-state index contributed by atoms with van der Waals surface area (Å²) in [5.74, 6) is -0.0545. The SMILES string of the molecule is CCOc1ccc(CC2(C#N)CC2)cc1F. The number of hydrogen-bond donors (Lipinski definition) is 0. The second-order valence-electron chi connectivity index (χ2n) is 4.27. The lowest BCUT2D eigenvalue weighted by Crippen LogP contribution is -2.02. The summed E-state index contributed by atoms with van der Waals surface area (Å²) in [5.41, 5.74) is 0.652. The number of nitriles is 1. The Labute approximate surface area is 94.7 Å². The van der Waals surface area contributed by atoms with Gasteiger partial charge in [0, 0.05) is 0 Å². The Morgan fingerprint density at radius 1 is 1.50 bits per heavy atom. The molecule has 0 heterocycles. The van der Waals surface area contributed by atoms with Crippen molar-refractivity contribution in [3.63, 3.8) is 0 Å². The first-order chi connectivity index (χ1) is 7.69. The van der Waals surface area contributed by atoms with E-state index in [1.807, 2.05) is 13.0 Å². The van der Waals surface area contributed by atoms with Gasteiger partial charge in [-0.05, 0) is 43.9 Å². The Morgan fingerprint density at radius 3 is 2.75 bits per heavy atom. The maximum atomic E-state index is 13.5. The standard InChI is InChI=1S/C13H14FNO/c1-2-16-12-4-3-10(7-11(12)14)8-13(9-15)5-6-13/h3-4,7H,2,5-6,8H2,1H3. The predicted octanol–water partition coefficient (Wildman–Crippen LogP) is 3.07. The lowest BCUT2D eigenvalue weighted by atomic mass is 9.98. The van der Waals surface area contributed by atoms with Crippen LogP contribution >= 0.6 is 0 Å². The van der Waals surface area contributed by atoms with Crippen LogP contribution in [0.2, 0.25) is 0 Å². The van der Waals surface area contributed by atoms with Crippen LogP contribution in [0.1, 0.15) is 25.3 Å². The third kappa shape index (κ3) is 2.16. The molecule has 1 aliphatic carbocycles. The molecular weight excluding hydrogens is 205 g/mol. The number of halogens is 1. The van der Waals surface area contributed by atoms with E-state index < -0.39 is 0 Å². The smallest absolute Gasteiger partial charge is 0.165 e. The van der Waals surface area contributed by atoms with Gasteiger partial charge in [0.05, 0.1) is 18.1 Å². The highest BCUT2D eigenvalue weighted by Crippen LogP contribution is 2.47. The number of hydrogen-bond acceptors (Lipinski definition) is 2. The second-order valence-corrected chi connectivity index (χ2v) is 4.27. The summed E-state index contributed by atoms with van der Waals surface area (Å²) in [6.45, 7) is 2.28. The molecule has 0 radical (unpaired) electrons. The van der Waals surface area contributed by atoms with E-state index in [1.165, 1.54) is 6.07 Å². The average Bonchev–Trinajstić information content (AvgIpc) is 3.03. The molecule has 1 aromatic carbocycles. The van der Waals surface area contributed by atoms with Gasteiger partial charge >= 0.3 is 0 Å². The van der Waals surface area contributed by atoms with Crippen molar-refractivity contribution in [1.82, 2.24) is 0 Å². The van der Waals surface area contributed by atoms with Crippen molar-refractivity contribution >= 4 is 0 Å². The number of rotatable bonds is 4. The highest BCUT2D eigenvalue weighted by molar-refractivity contribution is 5.31. The Hall–Kier alpha value is -1.56. The molecule has 0 aromatic heterocycles. The molecule has 1 aromatic rings. The van der Waals surface area contributed by atoms with Gasteiger partial charge in [0.25, 0.3) is 0 Å². The Kier molecular flexibility index (Phi) is 2.82. The molecule has 0 amide bonds. The van der Waals surface area contributed by atoms with Gasteiger partial charge in [-0.15, -0.1) is 0 Å². The third-order valence-corrected chi connectivity index (χ3v) is 2.93. The van der Waals surface area contributed by atoms with Gasteiger partial charge in [0.2, 0.25) is 0 Å². The van der Waals surface area contributed by atoms with Crippen LogP contribution in [0.4, 0.5) is 4.39 Å². The van der Waals surface area contributed by atoms with E-state index in [0.717, 1.165) is 18.4 Å². The largest absolute Gasteiger partial charge is 0.491 e. The van der Waals surface area contributed by atoms with Crippen LogP contribution in [-0.2, 0) is 6.42 Å². The molecule has 1 fully saturated rings. The molecule has 0 spiro atoms. The fraction of sp³-hybridized carbons (Fsp3) is 0.462. The highest BCUT2D eigenvalue weighted by atomic mass is 19.1. The summed E-state index contributed by atoms with van der Waals surface area (Å²) in [6, 6.07) is 7.26. The van der Waals surface area contributed by atoms with Crippen molar-refractivity contribution in [2.24, 2.45) is 5.41 Å². The fourth-order valence-electron chi connectivity index (χ4n) is 1.80. The van der Waals surface area contributed by atoms with Crippen molar-refractivity contribution < 1.29 is 9.13 Å². The molecule has 0 unspecified atom stereocenters. The van der Waals surface area contributed by atoms with Gasteiger partial charge in [0.1, 0.15) is 0 Å². The van der Waals surface area contributed by atoms with E-state index in [1.54, 1.807) is 6.07 Å². The first kappa shape index (κ1) is 10.9.